The quantitative estimate of drug-likeness (QED) is 0.486. The molecule has 2 aromatic rings. The first-order valence-electron chi connectivity index (χ1n) is 11.6. The number of nitrogens with zero attached hydrogens (tertiary/aromatic N) is 3. The predicted octanol–water partition coefficient (Wildman–Crippen LogP) is 1.77. The van der Waals surface area contributed by atoms with E-state index in [0.29, 0.717) is 36.7 Å². The molecule has 1 aromatic carbocycles. The van der Waals surface area contributed by atoms with E-state index in [1.165, 1.54) is 7.05 Å². The number of esters is 1. The van der Waals surface area contributed by atoms with Crippen molar-refractivity contribution in [1.82, 2.24) is 20.0 Å². The van der Waals surface area contributed by atoms with Crippen LogP contribution >= 0.6 is 0 Å². The van der Waals surface area contributed by atoms with Crippen molar-refractivity contribution < 1.29 is 28.6 Å². The van der Waals surface area contributed by atoms with E-state index in [4.69, 9.17) is 14.2 Å². The highest BCUT2D eigenvalue weighted by atomic mass is 16.5. The Morgan fingerprint density at radius 1 is 1.14 bits per heavy atom. The van der Waals surface area contributed by atoms with Crippen molar-refractivity contribution >= 4 is 23.5 Å². The summed E-state index contributed by atoms with van der Waals surface area (Å²) in [6.07, 6.45) is 2.38. The first kappa shape index (κ1) is 26.0. The minimum absolute atomic E-state index is 0.0162. The second-order valence-electron chi connectivity index (χ2n) is 8.03. The molecule has 1 aliphatic heterocycles. The van der Waals surface area contributed by atoms with Gasteiger partial charge >= 0.3 is 5.97 Å². The number of carbonyl (C=O) groups is 3. The molecule has 2 amide bonds. The van der Waals surface area contributed by atoms with Gasteiger partial charge in [-0.05, 0) is 43.5 Å². The van der Waals surface area contributed by atoms with E-state index < -0.39 is 0 Å². The molecule has 0 fully saturated rings. The molecule has 11 heteroatoms. The first-order valence-corrected chi connectivity index (χ1v) is 11.6. The molecule has 190 valence electrons. The summed E-state index contributed by atoms with van der Waals surface area (Å²) in [5, 5.41) is 9.57. The SMILES string of the molecule is CCOC(=O)CC1c2cc(OC)c(OC)cc2CCN1CC(=O)Nc1cn(CC)nc1C(=O)NC. The number of methoxy groups -OCH3 is 2. The van der Waals surface area contributed by atoms with Crippen molar-refractivity contribution in [1.29, 1.82) is 0 Å². The second-order valence-corrected chi connectivity index (χ2v) is 8.03. The summed E-state index contributed by atoms with van der Waals surface area (Å²) in [6, 6.07) is 3.38. The summed E-state index contributed by atoms with van der Waals surface area (Å²) < 4.78 is 17.7. The number of fused-ring (bicyclic) bond motifs is 1. The summed E-state index contributed by atoms with van der Waals surface area (Å²) in [5.74, 6) is 0.108. The molecule has 0 saturated carbocycles. The lowest BCUT2D eigenvalue weighted by Crippen LogP contribution is -2.41. The monoisotopic (exact) mass is 487 g/mol. The standard InChI is InChI=1S/C24H33N5O6/c1-6-29-13-17(23(27-29)24(32)25-3)26-21(30)14-28-9-8-15-10-19(33-4)20(34-5)11-16(15)18(28)12-22(31)35-7-2/h10-11,13,18H,6-9,12,14H2,1-5H3,(H,25,32)(H,26,30). The Labute approximate surface area is 204 Å². The van der Waals surface area contributed by atoms with Crippen LogP contribution in [0.3, 0.4) is 0 Å². The number of aromatic nitrogens is 2. The largest absolute Gasteiger partial charge is 0.493 e. The molecule has 0 saturated heterocycles. The van der Waals surface area contributed by atoms with Crippen molar-refractivity contribution in [2.75, 3.05) is 46.3 Å². The highest BCUT2D eigenvalue weighted by Gasteiger charge is 2.32. The van der Waals surface area contributed by atoms with Crippen LogP contribution in [0.1, 0.15) is 47.9 Å². The minimum Gasteiger partial charge on any atom is -0.493 e. The Balaban J connectivity index is 1.86. The van der Waals surface area contributed by atoms with Crippen LogP contribution < -0.4 is 20.1 Å². The van der Waals surface area contributed by atoms with E-state index in [2.05, 4.69) is 15.7 Å². The topological polar surface area (TPSA) is 124 Å². The van der Waals surface area contributed by atoms with Gasteiger partial charge in [-0.3, -0.25) is 24.0 Å². The Morgan fingerprint density at radius 2 is 1.86 bits per heavy atom. The van der Waals surface area contributed by atoms with Crippen molar-refractivity contribution in [3.8, 4) is 11.5 Å². The van der Waals surface area contributed by atoms with E-state index in [1.807, 2.05) is 24.0 Å². The van der Waals surface area contributed by atoms with Gasteiger partial charge in [-0.1, -0.05) is 0 Å². The second kappa shape index (κ2) is 11.7. The summed E-state index contributed by atoms with van der Waals surface area (Å²) in [5.41, 5.74) is 2.40. The Morgan fingerprint density at radius 3 is 2.49 bits per heavy atom. The zero-order chi connectivity index (χ0) is 25.5. The van der Waals surface area contributed by atoms with Gasteiger partial charge in [0, 0.05) is 32.4 Å². The number of rotatable bonds is 10. The van der Waals surface area contributed by atoms with Gasteiger partial charge in [0.2, 0.25) is 5.91 Å². The average Bonchev–Trinajstić information content (AvgIpc) is 3.26. The Bertz CT molecular complexity index is 1080. The summed E-state index contributed by atoms with van der Waals surface area (Å²) >= 11 is 0. The Kier molecular flexibility index (Phi) is 8.69. The van der Waals surface area contributed by atoms with Crippen LogP contribution in [0.5, 0.6) is 11.5 Å². The number of amides is 2. The average molecular weight is 488 g/mol. The lowest BCUT2D eigenvalue weighted by Gasteiger charge is -2.36. The van der Waals surface area contributed by atoms with Gasteiger partial charge in [-0.2, -0.15) is 5.10 Å². The highest BCUT2D eigenvalue weighted by molar-refractivity contribution is 6.02. The third-order valence-corrected chi connectivity index (χ3v) is 5.93. The number of ether oxygens (including phenoxy) is 3. The number of benzene rings is 1. The predicted molar refractivity (Wildman–Crippen MR) is 129 cm³/mol. The van der Waals surface area contributed by atoms with Gasteiger partial charge in [0.1, 0.15) is 0 Å². The van der Waals surface area contributed by atoms with Crippen LogP contribution in [0, 0.1) is 0 Å². The molecule has 2 N–H and O–H groups in total. The van der Waals surface area contributed by atoms with Crippen LogP contribution in [-0.4, -0.2) is 73.4 Å². The summed E-state index contributed by atoms with van der Waals surface area (Å²) in [6.45, 7) is 5.04. The number of nitrogens with one attached hydrogen (secondary N) is 2. The van der Waals surface area contributed by atoms with E-state index >= 15 is 0 Å². The number of anilines is 1. The fourth-order valence-corrected chi connectivity index (χ4v) is 4.22. The third kappa shape index (κ3) is 5.91. The smallest absolute Gasteiger partial charge is 0.307 e. The molecule has 2 heterocycles. The molecule has 35 heavy (non-hydrogen) atoms. The zero-order valence-corrected chi connectivity index (χ0v) is 20.8. The summed E-state index contributed by atoms with van der Waals surface area (Å²) in [7, 11) is 4.64. The number of hydrogen-bond acceptors (Lipinski definition) is 8. The van der Waals surface area contributed by atoms with Crippen molar-refractivity contribution in [2.24, 2.45) is 0 Å². The molecular weight excluding hydrogens is 454 g/mol. The van der Waals surface area contributed by atoms with E-state index in [-0.39, 0.29) is 49.1 Å². The van der Waals surface area contributed by atoms with Crippen LogP contribution in [0.2, 0.25) is 0 Å². The lowest BCUT2D eigenvalue weighted by atomic mass is 9.90. The van der Waals surface area contributed by atoms with Gasteiger partial charge in [0.25, 0.3) is 5.91 Å². The van der Waals surface area contributed by atoms with Gasteiger partial charge in [-0.25, -0.2) is 0 Å². The minimum atomic E-state index is -0.389. The van der Waals surface area contributed by atoms with Crippen LogP contribution in [0.4, 0.5) is 5.69 Å². The van der Waals surface area contributed by atoms with Gasteiger partial charge in [0.15, 0.2) is 17.2 Å². The molecular formula is C24H33N5O6. The molecule has 1 atom stereocenters. The van der Waals surface area contributed by atoms with Gasteiger partial charge in [-0.15, -0.1) is 0 Å². The lowest BCUT2D eigenvalue weighted by molar-refractivity contribution is -0.145. The zero-order valence-electron chi connectivity index (χ0n) is 20.8. The molecule has 0 radical (unpaired) electrons. The van der Waals surface area contributed by atoms with E-state index in [9.17, 15) is 14.4 Å². The maximum Gasteiger partial charge on any atom is 0.307 e. The summed E-state index contributed by atoms with van der Waals surface area (Å²) in [4.78, 5) is 39.6. The fourth-order valence-electron chi connectivity index (χ4n) is 4.22. The molecule has 0 aliphatic carbocycles. The van der Waals surface area contributed by atoms with Crippen molar-refractivity contribution in [2.45, 2.75) is 39.3 Å². The van der Waals surface area contributed by atoms with E-state index in [0.717, 1.165) is 11.1 Å². The van der Waals surface area contributed by atoms with Gasteiger partial charge in [0.05, 0.1) is 39.5 Å². The van der Waals surface area contributed by atoms with Crippen LogP contribution in [0.25, 0.3) is 0 Å². The maximum absolute atomic E-state index is 13.1. The fraction of sp³-hybridized carbons (Fsp3) is 0.500. The third-order valence-electron chi connectivity index (χ3n) is 5.93. The van der Waals surface area contributed by atoms with Crippen molar-refractivity contribution in [3.05, 3.63) is 35.2 Å². The first-order chi connectivity index (χ1) is 16.8. The van der Waals surface area contributed by atoms with Crippen LogP contribution in [0.15, 0.2) is 18.3 Å². The van der Waals surface area contributed by atoms with E-state index in [1.54, 1.807) is 32.0 Å². The maximum atomic E-state index is 13.1. The number of carbonyl (C=O) groups excluding carboxylic acids is 3. The van der Waals surface area contributed by atoms with Crippen molar-refractivity contribution in [3.63, 3.8) is 0 Å². The normalized spacial score (nSPS) is 15.2. The molecule has 0 bridgehead atoms. The molecule has 0 spiro atoms. The van der Waals surface area contributed by atoms with Gasteiger partial charge < -0.3 is 24.8 Å². The number of hydrogen-bond donors (Lipinski definition) is 2. The molecule has 3 rings (SSSR count). The molecule has 1 unspecified atom stereocenters. The molecule has 1 aromatic heterocycles. The van der Waals surface area contributed by atoms with Crippen LogP contribution in [-0.2, 0) is 27.3 Å². The Hall–Kier alpha value is -3.60. The number of aryl methyl sites for hydroxylation is 1. The molecule has 11 nitrogen and oxygen atoms in total. The highest BCUT2D eigenvalue weighted by Crippen LogP contribution is 2.39. The molecule has 1 aliphatic rings.